The third-order valence-corrected chi connectivity index (χ3v) is 3.75. The minimum absolute atomic E-state index is 0.00168. The molecule has 0 spiro atoms. The number of likely N-dealkylation sites (tertiary alicyclic amines) is 1. The number of amides is 1. The predicted molar refractivity (Wildman–Crippen MR) is 78.2 cm³/mol. The second kappa shape index (κ2) is 5.71. The van der Waals surface area contributed by atoms with Gasteiger partial charge in [0.1, 0.15) is 5.69 Å². The van der Waals surface area contributed by atoms with E-state index in [1.807, 2.05) is 13.8 Å². The van der Waals surface area contributed by atoms with Crippen molar-refractivity contribution in [2.75, 3.05) is 18.9 Å². The minimum atomic E-state index is -0.387. The largest absolute Gasteiger partial charge is 0.360 e. The first-order valence-corrected chi connectivity index (χ1v) is 7.03. The molecule has 0 aliphatic carbocycles. The molecule has 1 N–H and O–H groups in total. The third-order valence-electron chi connectivity index (χ3n) is 3.75. The number of nitrogens with zero attached hydrogens (tertiary/aromatic N) is 4. The first-order valence-electron chi connectivity index (χ1n) is 7.03. The van der Waals surface area contributed by atoms with Gasteiger partial charge in [-0.1, -0.05) is 13.8 Å². The lowest BCUT2D eigenvalue weighted by molar-refractivity contribution is -0.384. The quantitative estimate of drug-likeness (QED) is 0.671. The summed E-state index contributed by atoms with van der Waals surface area (Å²) in [6, 6.07) is 0.00168. The van der Waals surface area contributed by atoms with Crippen molar-refractivity contribution in [3.05, 3.63) is 15.8 Å². The van der Waals surface area contributed by atoms with Gasteiger partial charge in [-0.25, -0.2) is 4.68 Å². The summed E-state index contributed by atoms with van der Waals surface area (Å²) in [4.78, 5) is 24.1. The molecule has 0 saturated carbocycles. The van der Waals surface area contributed by atoms with E-state index in [1.165, 1.54) is 4.68 Å². The lowest BCUT2D eigenvalue weighted by atomic mass is 10.1. The first kappa shape index (κ1) is 15.3. The molecule has 116 valence electrons. The number of hydrogen-bond donors (Lipinski definition) is 1. The Hall–Kier alpha value is -2.12. The van der Waals surface area contributed by atoms with Crippen LogP contribution in [0.3, 0.4) is 0 Å². The summed E-state index contributed by atoms with van der Waals surface area (Å²) in [6.07, 6.45) is 1.12. The van der Waals surface area contributed by atoms with Crippen LogP contribution < -0.4 is 5.32 Å². The molecule has 1 atom stereocenters. The number of aromatic nitrogens is 2. The topological polar surface area (TPSA) is 93.3 Å². The maximum Gasteiger partial charge on any atom is 0.334 e. The second-order valence-electron chi connectivity index (χ2n) is 5.77. The Bertz CT molecular complexity index is 566. The minimum Gasteiger partial charge on any atom is -0.360 e. The van der Waals surface area contributed by atoms with Gasteiger partial charge in [0, 0.05) is 39.0 Å². The number of anilines is 1. The van der Waals surface area contributed by atoms with E-state index in [1.54, 1.807) is 19.0 Å². The number of nitrogens with one attached hydrogen (secondary N) is 1. The summed E-state index contributed by atoms with van der Waals surface area (Å²) in [7, 11) is 3.44. The number of likely N-dealkylation sites (N-methyl/N-ethyl adjacent to an activating group) is 1. The van der Waals surface area contributed by atoms with Crippen molar-refractivity contribution in [3.63, 3.8) is 0 Å². The molecule has 1 saturated heterocycles. The Balaban J connectivity index is 2.27. The molecular weight excluding hydrogens is 274 g/mol. The lowest BCUT2D eigenvalue weighted by Gasteiger charge is -2.30. The van der Waals surface area contributed by atoms with Gasteiger partial charge < -0.3 is 10.2 Å². The highest BCUT2D eigenvalue weighted by Crippen LogP contribution is 2.33. The van der Waals surface area contributed by atoms with Crippen LogP contribution in [0, 0.1) is 10.1 Å². The standard InChI is InChI=1S/C13H21N5O3/c1-8(2)11-12(18(20)21)13(17(4)15-11)14-9-5-6-10(19)16(3)7-9/h8-9,14H,5-7H2,1-4H3. The first-order chi connectivity index (χ1) is 9.81. The molecule has 2 heterocycles. The van der Waals surface area contributed by atoms with Crippen molar-refractivity contribution in [2.24, 2.45) is 7.05 Å². The molecule has 1 aliphatic rings. The molecule has 21 heavy (non-hydrogen) atoms. The van der Waals surface area contributed by atoms with E-state index in [0.29, 0.717) is 30.9 Å². The van der Waals surface area contributed by atoms with Gasteiger partial charge in [0.05, 0.1) is 4.92 Å². The molecule has 2 rings (SSSR count). The van der Waals surface area contributed by atoms with E-state index < -0.39 is 0 Å². The predicted octanol–water partition coefficient (Wildman–Crippen LogP) is 1.48. The summed E-state index contributed by atoms with van der Waals surface area (Å²) in [5.74, 6) is 0.495. The SMILES string of the molecule is CC(C)c1nn(C)c(NC2CCC(=O)N(C)C2)c1[N+](=O)[O-]. The zero-order chi connectivity index (χ0) is 15.7. The molecular formula is C13H21N5O3. The van der Waals surface area contributed by atoms with Gasteiger partial charge in [0.25, 0.3) is 0 Å². The highest BCUT2D eigenvalue weighted by atomic mass is 16.6. The number of carbonyl (C=O) groups is 1. The van der Waals surface area contributed by atoms with Crippen LogP contribution in [-0.4, -0.2) is 45.1 Å². The fourth-order valence-corrected chi connectivity index (χ4v) is 2.59. The van der Waals surface area contributed by atoms with Gasteiger partial charge in [0.2, 0.25) is 11.7 Å². The van der Waals surface area contributed by atoms with Crippen LogP contribution in [0.5, 0.6) is 0 Å². The van der Waals surface area contributed by atoms with Gasteiger partial charge in [-0.15, -0.1) is 0 Å². The van der Waals surface area contributed by atoms with Crippen molar-refractivity contribution in [1.29, 1.82) is 0 Å². The summed E-state index contributed by atoms with van der Waals surface area (Å²) < 4.78 is 1.52. The van der Waals surface area contributed by atoms with Crippen LogP contribution in [0.15, 0.2) is 0 Å². The number of nitro groups is 1. The molecule has 0 aromatic carbocycles. The molecule has 8 nitrogen and oxygen atoms in total. The molecule has 1 fully saturated rings. The van der Waals surface area contributed by atoms with Crippen molar-refractivity contribution in [2.45, 2.75) is 38.6 Å². The Morgan fingerprint density at radius 3 is 2.62 bits per heavy atom. The fraction of sp³-hybridized carbons (Fsp3) is 0.692. The van der Waals surface area contributed by atoms with E-state index in [-0.39, 0.29) is 28.5 Å². The summed E-state index contributed by atoms with van der Waals surface area (Å²) >= 11 is 0. The van der Waals surface area contributed by atoms with E-state index >= 15 is 0 Å². The van der Waals surface area contributed by atoms with Crippen LogP contribution in [0.2, 0.25) is 0 Å². The zero-order valence-corrected chi connectivity index (χ0v) is 12.8. The zero-order valence-electron chi connectivity index (χ0n) is 12.8. The van der Waals surface area contributed by atoms with E-state index in [2.05, 4.69) is 10.4 Å². The van der Waals surface area contributed by atoms with Gasteiger partial charge in [-0.05, 0) is 6.42 Å². The fourth-order valence-electron chi connectivity index (χ4n) is 2.59. The number of carbonyl (C=O) groups excluding carboxylic acids is 1. The maximum absolute atomic E-state index is 11.5. The van der Waals surface area contributed by atoms with Crippen molar-refractivity contribution in [1.82, 2.24) is 14.7 Å². The molecule has 1 aliphatic heterocycles. The van der Waals surface area contributed by atoms with Crippen LogP contribution in [0.25, 0.3) is 0 Å². The molecule has 0 bridgehead atoms. The molecule has 1 aromatic rings. The number of aryl methyl sites for hydroxylation is 1. The van der Waals surface area contributed by atoms with Crippen molar-refractivity contribution in [3.8, 4) is 0 Å². The lowest BCUT2D eigenvalue weighted by Crippen LogP contribution is -2.43. The van der Waals surface area contributed by atoms with Crippen LogP contribution in [-0.2, 0) is 11.8 Å². The third kappa shape index (κ3) is 2.98. The Kier molecular flexibility index (Phi) is 4.15. The Labute approximate surface area is 123 Å². The van der Waals surface area contributed by atoms with Crippen molar-refractivity contribution < 1.29 is 9.72 Å². The summed E-state index contributed by atoms with van der Waals surface area (Å²) in [5.41, 5.74) is 0.511. The molecule has 8 heteroatoms. The summed E-state index contributed by atoms with van der Waals surface area (Å²) in [6.45, 7) is 4.30. The normalized spacial score (nSPS) is 19.2. The van der Waals surface area contributed by atoms with Gasteiger partial charge >= 0.3 is 5.69 Å². The van der Waals surface area contributed by atoms with Gasteiger partial charge in [0.15, 0.2) is 0 Å². The van der Waals surface area contributed by atoms with Crippen LogP contribution in [0.1, 0.15) is 38.3 Å². The molecule has 1 aromatic heterocycles. The van der Waals surface area contributed by atoms with Gasteiger partial charge in [-0.3, -0.25) is 14.9 Å². The van der Waals surface area contributed by atoms with E-state index in [4.69, 9.17) is 0 Å². The number of rotatable bonds is 4. The number of hydrogen-bond acceptors (Lipinski definition) is 5. The average molecular weight is 295 g/mol. The Morgan fingerprint density at radius 2 is 2.10 bits per heavy atom. The summed E-state index contributed by atoms with van der Waals surface area (Å²) in [5, 5.41) is 18.8. The molecule has 0 radical (unpaired) electrons. The molecule has 1 unspecified atom stereocenters. The van der Waals surface area contributed by atoms with E-state index in [0.717, 1.165) is 0 Å². The highest BCUT2D eigenvalue weighted by molar-refractivity contribution is 5.77. The van der Waals surface area contributed by atoms with Gasteiger partial charge in [-0.2, -0.15) is 5.10 Å². The second-order valence-corrected chi connectivity index (χ2v) is 5.77. The monoisotopic (exact) mass is 295 g/mol. The number of piperidine rings is 1. The van der Waals surface area contributed by atoms with Crippen LogP contribution in [0.4, 0.5) is 11.5 Å². The molecule has 1 amide bonds. The average Bonchev–Trinajstić information content (AvgIpc) is 2.72. The Morgan fingerprint density at radius 1 is 1.43 bits per heavy atom. The van der Waals surface area contributed by atoms with Crippen molar-refractivity contribution >= 4 is 17.4 Å². The van der Waals surface area contributed by atoms with E-state index in [9.17, 15) is 14.9 Å². The maximum atomic E-state index is 11.5. The smallest absolute Gasteiger partial charge is 0.334 e. The van der Waals surface area contributed by atoms with Crippen LogP contribution >= 0.6 is 0 Å². The highest BCUT2D eigenvalue weighted by Gasteiger charge is 2.31.